The molecule has 0 heterocycles. The van der Waals surface area contributed by atoms with Gasteiger partial charge in [-0.2, -0.15) is 0 Å². The van der Waals surface area contributed by atoms with Crippen molar-refractivity contribution in [3.63, 3.8) is 0 Å². The van der Waals surface area contributed by atoms with Crippen LogP contribution in [-0.4, -0.2) is 24.5 Å². The van der Waals surface area contributed by atoms with E-state index in [1.54, 1.807) is 0 Å². The highest BCUT2D eigenvalue weighted by molar-refractivity contribution is 7.97. The van der Waals surface area contributed by atoms with Gasteiger partial charge in [-0.05, 0) is 97.0 Å². The van der Waals surface area contributed by atoms with Gasteiger partial charge in [-0.25, -0.2) is 8.42 Å². The van der Waals surface area contributed by atoms with Gasteiger partial charge in [0.25, 0.3) is 0 Å². The molecule has 2 unspecified atom stereocenters. The molecule has 3 aromatic rings. The molecule has 2 aliphatic rings. The maximum absolute atomic E-state index is 11.8. The standard InChI is InChI=1S/C18H12Cl3S.C10H16O4S/c19-13-1-7-16(8-2-13)22(17-9-3-14(20)4-10-17)18-11-5-15(21)6-12-18;1-9(2)7-3-4-10(9,8(11)5-7)6-15(12,13)14/h1-12H;7H,3-6H2,1-2H3,(H,12,13,14)/q+1;/p-1. The predicted molar refractivity (Wildman–Crippen MR) is 150 cm³/mol. The van der Waals surface area contributed by atoms with E-state index < -0.39 is 21.3 Å². The summed E-state index contributed by atoms with van der Waals surface area (Å²) in [4.78, 5) is 15.5. The molecule has 0 spiro atoms. The first kappa shape index (κ1) is 28.5. The number of halogens is 3. The summed E-state index contributed by atoms with van der Waals surface area (Å²) in [7, 11) is -4.54. The fourth-order valence-electron chi connectivity index (χ4n) is 5.53. The predicted octanol–water partition coefficient (Wildman–Crippen LogP) is 7.67. The Bertz CT molecular complexity index is 1260. The van der Waals surface area contributed by atoms with Crippen LogP contribution in [0.1, 0.15) is 33.1 Å². The Morgan fingerprint density at radius 3 is 1.46 bits per heavy atom. The average molecular weight is 598 g/mol. The summed E-state index contributed by atoms with van der Waals surface area (Å²) in [6, 6.07) is 23.9. The summed E-state index contributed by atoms with van der Waals surface area (Å²) in [6.07, 6.45) is 1.88. The highest BCUT2D eigenvalue weighted by atomic mass is 35.5. The number of rotatable bonds is 5. The number of benzene rings is 3. The molecule has 9 heteroatoms. The number of hydrogen-bond acceptors (Lipinski definition) is 4. The topological polar surface area (TPSA) is 74.3 Å². The van der Waals surface area contributed by atoms with Crippen LogP contribution in [0.25, 0.3) is 0 Å². The highest BCUT2D eigenvalue weighted by Gasteiger charge is 2.64. The summed E-state index contributed by atoms with van der Waals surface area (Å²) in [6.45, 7) is 3.83. The third-order valence-corrected chi connectivity index (χ3v) is 11.5. The minimum absolute atomic E-state index is 0.0248. The van der Waals surface area contributed by atoms with Crippen molar-refractivity contribution >= 4 is 61.6 Å². The van der Waals surface area contributed by atoms with Crippen LogP contribution in [0, 0.1) is 16.7 Å². The van der Waals surface area contributed by atoms with E-state index in [1.165, 1.54) is 14.7 Å². The molecule has 3 aromatic carbocycles. The Hall–Kier alpha value is -1.54. The molecule has 0 amide bonds. The van der Waals surface area contributed by atoms with Gasteiger partial charge >= 0.3 is 0 Å². The van der Waals surface area contributed by atoms with E-state index in [2.05, 4.69) is 36.4 Å². The van der Waals surface area contributed by atoms with Crippen LogP contribution in [0.3, 0.4) is 0 Å². The number of carbonyl (C=O) groups is 1. The lowest BCUT2D eigenvalue weighted by Gasteiger charge is -2.37. The van der Waals surface area contributed by atoms with E-state index in [0.717, 1.165) is 21.5 Å². The van der Waals surface area contributed by atoms with Gasteiger partial charge < -0.3 is 4.55 Å². The normalized spacial score (nSPS) is 22.1. The van der Waals surface area contributed by atoms with E-state index in [-0.39, 0.29) is 28.0 Å². The van der Waals surface area contributed by atoms with Crippen LogP contribution >= 0.6 is 34.8 Å². The molecule has 5 rings (SSSR count). The van der Waals surface area contributed by atoms with Crippen LogP contribution in [0.2, 0.25) is 15.1 Å². The van der Waals surface area contributed by atoms with Crippen molar-refractivity contribution in [2.24, 2.45) is 16.7 Å². The van der Waals surface area contributed by atoms with E-state index in [9.17, 15) is 17.8 Å². The zero-order valence-electron chi connectivity index (χ0n) is 20.4. The smallest absolute Gasteiger partial charge is 0.166 e. The lowest BCUT2D eigenvalue weighted by atomic mass is 9.70. The fraction of sp³-hybridized carbons (Fsp3) is 0.321. The first-order valence-corrected chi connectivity index (χ1v) is 15.7. The van der Waals surface area contributed by atoms with Crippen LogP contribution in [0.5, 0.6) is 0 Å². The second-order valence-electron chi connectivity index (χ2n) is 10.0. The molecule has 0 saturated heterocycles. The van der Waals surface area contributed by atoms with Crippen molar-refractivity contribution in [3.8, 4) is 0 Å². The minimum atomic E-state index is -4.33. The van der Waals surface area contributed by atoms with Crippen molar-refractivity contribution in [1.82, 2.24) is 0 Å². The summed E-state index contributed by atoms with van der Waals surface area (Å²) in [5, 5.41) is 2.21. The van der Waals surface area contributed by atoms with Gasteiger partial charge in [-0.1, -0.05) is 48.7 Å². The van der Waals surface area contributed by atoms with Gasteiger partial charge in [0.2, 0.25) is 0 Å². The average Bonchev–Trinajstić information content (AvgIpc) is 3.16. The molecule has 0 aliphatic heterocycles. The van der Waals surface area contributed by atoms with Crippen LogP contribution in [0.15, 0.2) is 87.5 Å². The van der Waals surface area contributed by atoms with Gasteiger partial charge in [0.05, 0.1) is 26.8 Å². The molecule has 2 fully saturated rings. The van der Waals surface area contributed by atoms with Gasteiger partial charge in [0.15, 0.2) is 14.7 Å². The summed E-state index contributed by atoms with van der Waals surface area (Å²) < 4.78 is 32.7. The zero-order valence-corrected chi connectivity index (χ0v) is 24.3. The highest BCUT2D eigenvalue weighted by Crippen LogP contribution is 2.64. The molecule has 0 radical (unpaired) electrons. The first-order valence-electron chi connectivity index (χ1n) is 11.8. The zero-order chi connectivity index (χ0) is 27.0. The Labute approximate surface area is 236 Å². The van der Waals surface area contributed by atoms with Gasteiger partial charge in [0.1, 0.15) is 5.78 Å². The summed E-state index contributed by atoms with van der Waals surface area (Å²) in [5.41, 5.74) is -1.22. The second kappa shape index (κ2) is 10.9. The third kappa shape index (κ3) is 6.05. The molecule has 4 nitrogen and oxygen atoms in total. The number of Topliss-reactive ketones (excluding diaryl/α,β-unsaturated/α-hetero) is 1. The van der Waals surface area contributed by atoms with E-state index >= 15 is 0 Å². The molecule has 0 aromatic heterocycles. The maximum Gasteiger partial charge on any atom is 0.166 e. The van der Waals surface area contributed by atoms with E-state index in [1.807, 2.05) is 50.2 Å². The molecule has 37 heavy (non-hydrogen) atoms. The van der Waals surface area contributed by atoms with Crippen LogP contribution in [-0.2, 0) is 25.8 Å². The largest absolute Gasteiger partial charge is 0.748 e. The Morgan fingerprint density at radius 2 is 1.19 bits per heavy atom. The minimum Gasteiger partial charge on any atom is -0.748 e. The van der Waals surface area contributed by atoms with Gasteiger partial charge in [0, 0.05) is 26.9 Å². The van der Waals surface area contributed by atoms with Crippen molar-refractivity contribution < 1.29 is 17.8 Å². The molecule has 2 aliphatic carbocycles. The lowest BCUT2D eigenvalue weighted by molar-refractivity contribution is -0.128. The maximum atomic E-state index is 11.8. The van der Waals surface area contributed by atoms with Crippen molar-refractivity contribution in [2.75, 3.05) is 5.75 Å². The fourth-order valence-corrected chi connectivity index (χ4v) is 9.23. The monoisotopic (exact) mass is 596 g/mol. The van der Waals surface area contributed by atoms with Crippen molar-refractivity contribution in [2.45, 2.75) is 47.8 Å². The Kier molecular flexibility index (Phi) is 8.40. The van der Waals surface area contributed by atoms with Crippen LogP contribution < -0.4 is 0 Å². The second-order valence-corrected chi connectivity index (χ2v) is 14.8. The SMILES string of the molecule is CC1(C)C2CCC1(CS(=O)(=O)[O-])C(=O)C2.Clc1ccc([S+](c2ccc(Cl)cc2)c2ccc(Cl)cc2)cc1. The van der Waals surface area contributed by atoms with Crippen LogP contribution in [0.4, 0.5) is 0 Å². The van der Waals surface area contributed by atoms with Crippen molar-refractivity contribution in [1.29, 1.82) is 0 Å². The first-order chi connectivity index (χ1) is 17.3. The third-order valence-electron chi connectivity index (χ3n) is 7.71. The lowest BCUT2D eigenvalue weighted by Crippen LogP contribution is -2.42. The van der Waals surface area contributed by atoms with E-state index in [0.29, 0.717) is 12.8 Å². The molecular weight excluding hydrogens is 571 g/mol. The summed E-state index contributed by atoms with van der Waals surface area (Å²) >= 11 is 18.1. The molecule has 2 saturated carbocycles. The Morgan fingerprint density at radius 1 is 0.811 bits per heavy atom. The Balaban J connectivity index is 0.000000186. The number of ketones is 1. The molecule has 2 atom stereocenters. The summed E-state index contributed by atoms with van der Waals surface area (Å²) in [5.74, 6) is -0.280. The van der Waals surface area contributed by atoms with Gasteiger partial charge in [-0.15, -0.1) is 0 Å². The number of fused-ring (bicyclic) bond motifs is 2. The van der Waals surface area contributed by atoms with Crippen molar-refractivity contribution in [3.05, 3.63) is 87.9 Å². The number of carbonyl (C=O) groups excluding carboxylic acids is 1. The number of hydrogen-bond donors (Lipinski definition) is 0. The molecular formula is C28H27Cl3O4S2. The van der Waals surface area contributed by atoms with E-state index in [4.69, 9.17) is 34.8 Å². The molecule has 2 bridgehead atoms. The molecule has 196 valence electrons. The van der Waals surface area contributed by atoms with Gasteiger partial charge in [-0.3, -0.25) is 4.79 Å². The molecule has 0 N–H and O–H groups in total. The quantitative estimate of drug-likeness (QED) is 0.223.